The summed E-state index contributed by atoms with van der Waals surface area (Å²) in [5.74, 6) is 0.204. The molecule has 2 aromatic rings. The summed E-state index contributed by atoms with van der Waals surface area (Å²) in [6, 6.07) is 17.3. The van der Waals surface area contributed by atoms with Crippen molar-refractivity contribution in [3.8, 4) is 0 Å². The number of amides is 1. The van der Waals surface area contributed by atoms with Crippen molar-refractivity contribution in [3.63, 3.8) is 0 Å². The summed E-state index contributed by atoms with van der Waals surface area (Å²) in [5, 5.41) is 3.19. The molecular formula is C27H37N3O4S. The number of rotatable bonds is 9. The molecule has 2 fully saturated rings. The lowest BCUT2D eigenvalue weighted by Crippen LogP contribution is -2.49. The van der Waals surface area contributed by atoms with Crippen LogP contribution in [0.4, 0.5) is 0 Å². The van der Waals surface area contributed by atoms with Gasteiger partial charge in [0.15, 0.2) is 0 Å². The minimum absolute atomic E-state index is 0.0210. The van der Waals surface area contributed by atoms with E-state index in [0.29, 0.717) is 39.4 Å². The zero-order valence-corrected chi connectivity index (χ0v) is 21.4. The Bertz CT molecular complexity index is 1070. The predicted octanol–water partition coefficient (Wildman–Crippen LogP) is 2.85. The zero-order valence-electron chi connectivity index (χ0n) is 20.5. The van der Waals surface area contributed by atoms with E-state index < -0.39 is 10.0 Å². The zero-order chi connectivity index (χ0) is 24.7. The van der Waals surface area contributed by atoms with Crippen LogP contribution in [-0.2, 0) is 25.0 Å². The highest BCUT2D eigenvalue weighted by Gasteiger charge is 2.35. The Morgan fingerprint density at radius 3 is 2.51 bits per heavy atom. The smallest absolute Gasteiger partial charge is 0.240 e. The monoisotopic (exact) mass is 499 g/mol. The lowest BCUT2D eigenvalue weighted by molar-refractivity contribution is -0.123. The van der Waals surface area contributed by atoms with Gasteiger partial charge in [-0.2, -0.15) is 0 Å². The van der Waals surface area contributed by atoms with Gasteiger partial charge in [0.05, 0.1) is 11.4 Å². The van der Waals surface area contributed by atoms with Crippen LogP contribution < -0.4 is 10.0 Å². The largest absolute Gasteiger partial charge is 0.381 e. The molecule has 0 radical (unpaired) electrons. The van der Waals surface area contributed by atoms with E-state index in [1.807, 2.05) is 13.0 Å². The number of sulfonamides is 1. The highest BCUT2D eigenvalue weighted by atomic mass is 32.2. The predicted molar refractivity (Wildman–Crippen MR) is 137 cm³/mol. The maximum Gasteiger partial charge on any atom is 0.240 e. The first-order valence-electron chi connectivity index (χ1n) is 12.5. The summed E-state index contributed by atoms with van der Waals surface area (Å²) < 4.78 is 33.6. The number of carbonyl (C=O) groups excluding carboxylic acids is 1. The Hall–Kier alpha value is -2.26. The van der Waals surface area contributed by atoms with Crippen LogP contribution in [-0.4, -0.2) is 65.2 Å². The number of hydrogen-bond acceptors (Lipinski definition) is 5. The molecule has 4 rings (SSSR count). The van der Waals surface area contributed by atoms with Gasteiger partial charge in [0, 0.05) is 38.3 Å². The molecule has 0 aliphatic carbocycles. The standard InChI is InChI=1S/C27H37N3O4S/c1-22-9-11-25(12-10-22)35(32,33)29-18-23-6-5-15-30(19-23)20-26(31)28-21-27(13-16-34-17-14-27)24-7-3-2-4-8-24/h2-4,7-12,23,29H,5-6,13-21H2,1H3,(H,28,31). The van der Waals surface area contributed by atoms with E-state index in [1.165, 1.54) is 5.56 Å². The number of nitrogens with zero attached hydrogens (tertiary/aromatic N) is 1. The number of ether oxygens (including phenoxy) is 1. The molecule has 0 aromatic heterocycles. The maximum atomic E-state index is 12.9. The molecular weight excluding hydrogens is 462 g/mol. The first-order valence-corrected chi connectivity index (χ1v) is 14.0. The molecule has 1 unspecified atom stereocenters. The fourth-order valence-corrected chi connectivity index (χ4v) is 6.25. The molecule has 2 saturated heterocycles. The van der Waals surface area contributed by atoms with Crippen molar-refractivity contribution < 1.29 is 17.9 Å². The number of piperidine rings is 1. The quantitative estimate of drug-likeness (QED) is 0.554. The van der Waals surface area contributed by atoms with Crippen molar-refractivity contribution in [2.75, 3.05) is 45.9 Å². The molecule has 2 aliphatic heterocycles. The number of likely N-dealkylation sites (tertiary alicyclic amines) is 1. The molecule has 190 valence electrons. The number of hydrogen-bond donors (Lipinski definition) is 2. The summed E-state index contributed by atoms with van der Waals surface area (Å²) in [6.07, 6.45) is 3.69. The topological polar surface area (TPSA) is 87.7 Å². The summed E-state index contributed by atoms with van der Waals surface area (Å²) in [4.78, 5) is 15.3. The third-order valence-electron chi connectivity index (χ3n) is 7.32. The van der Waals surface area contributed by atoms with Gasteiger partial charge in [-0.15, -0.1) is 0 Å². The van der Waals surface area contributed by atoms with Crippen LogP contribution in [0.25, 0.3) is 0 Å². The van der Waals surface area contributed by atoms with Crippen LogP contribution in [0, 0.1) is 12.8 Å². The van der Waals surface area contributed by atoms with Gasteiger partial charge in [-0.05, 0) is 62.8 Å². The Balaban J connectivity index is 1.27. The second-order valence-electron chi connectivity index (χ2n) is 9.94. The summed E-state index contributed by atoms with van der Waals surface area (Å²) in [7, 11) is -3.53. The van der Waals surface area contributed by atoms with E-state index in [4.69, 9.17) is 4.74 Å². The lowest BCUT2D eigenvalue weighted by atomic mass is 9.74. The van der Waals surface area contributed by atoms with Gasteiger partial charge in [0.2, 0.25) is 15.9 Å². The van der Waals surface area contributed by atoms with Gasteiger partial charge in [0.25, 0.3) is 0 Å². The number of carbonyl (C=O) groups is 1. The summed E-state index contributed by atoms with van der Waals surface area (Å²) in [5.41, 5.74) is 2.19. The van der Waals surface area contributed by atoms with Crippen molar-refractivity contribution >= 4 is 15.9 Å². The molecule has 1 amide bonds. The van der Waals surface area contributed by atoms with Crippen LogP contribution in [0.5, 0.6) is 0 Å². The third-order valence-corrected chi connectivity index (χ3v) is 8.76. The van der Waals surface area contributed by atoms with E-state index in [1.54, 1.807) is 24.3 Å². The highest BCUT2D eigenvalue weighted by molar-refractivity contribution is 7.89. The maximum absolute atomic E-state index is 12.9. The lowest BCUT2D eigenvalue weighted by Gasteiger charge is -2.38. The molecule has 7 nitrogen and oxygen atoms in total. The second kappa shape index (κ2) is 11.6. The van der Waals surface area contributed by atoms with Gasteiger partial charge in [-0.3, -0.25) is 9.69 Å². The molecule has 0 bridgehead atoms. The van der Waals surface area contributed by atoms with Crippen molar-refractivity contribution in [2.24, 2.45) is 5.92 Å². The molecule has 35 heavy (non-hydrogen) atoms. The van der Waals surface area contributed by atoms with Gasteiger partial charge in [0.1, 0.15) is 0 Å². The molecule has 2 aliphatic rings. The normalized spacial score (nSPS) is 20.9. The fourth-order valence-electron chi connectivity index (χ4n) is 5.14. The molecule has 2 aromatic carbocycles. The van der Waals surface area contributed by atoms with Crippen molar-refractivity contribution in [1.82, 2.24) is 14.9 Å². The molecule has 8 heteroatoms. The van der Waals surface area contributed by atoms with Gasteiger partial charge in [-0.1, -0.05) is 48.0 Å². The second-order valence-corrected chi connectivity index (χ2v) is 11.7. The Kier molecular flexibility index (Phi) is 8.59. The fraction of sp³-hybridized carbons (Fsp3) is 0.519. The summed E-state index contributed by atoms with van der Waals surface area (Å²) in [6.45, 7) is 6.23. The molecule has 2 heterocycles. The average molecular weight is 500 g/mol. The van der Waals surface area contributed by atoms with E-state index in [2.05, 4.69) is 39.2 Å². The van der Waals surface area contributed by atoms with Crippen LogP contribution in [0.3, 0.4) is 0 Å². The van der Waals surface area contributed by atoms with E-state index >= 15 is 0 Å². The Morgan fingerprint density at radius 2 is 1.80 bits per heavy atom. The van der Waals surface area contributed by atoms with Gasteiger partial charge < -0.3 is 10.1 Å². The first kappa shape index (κ1) is 25.8. The van der Waals surface area contributed by atoms with Crippen LogP contribution >= 0.6 is 0 Å². The molecule has 1 atom stereocenters. The molecule has 0 saturated carbocycles. The average Bonchev–Trinajstić information content (AvgIpc) is 2.88. The van der Waals surface area contributed by atoms with E-state index in [0.717, 1.165) is 37.8 Å². The van der Waals surface area contributed by atoms with Crippen LogP contribution in [0.15, 0.2) is 59.5 Å². The van der Waals surface area contributed by atoms with E-state index in [9.17, 15) is 13.2 Å². The number of nitrogens with one attached hydrogen (secondary N) is 2. The number of benzene rings is 2. The van der Waals surface area contributed by atoms with Crippen molar-refractivity contribution in [1.29, 1.82) is 0 Å². The minimum atomic E-state index is -3.53. The van der Waals surface area contributed by atoms with Crippen molar-refractivity contribution in [2.45, 2.75) is 42.9 Å². The van der Waals surface area contributed by atoms with E-state index in [-0.39, 0.29) is 22.1 Å². The Morgan fingerprint density at radius 1 is 1.09 bits per heavy atom. The SMILES string of the molecule is Cc1ccc(S(=O)(=O)NCC2CCCN(CC(=O)NCC3(c4ccccc4)CCOCC3)C2)cc1. The van der Waals surface area contributed by atoms with Gasteiger partial charge in [-0.25, -0.2) is 13.1 Å². The molecule has 0 spiro atoms. The molecule has 2 N–H and O–H groups in total. The van der Waals surface area contributed by atoms with Gasteiger partial charge >= 0.3 is 0 Å². The minimum Gasteiger partial charge on any atom is -0.381 e. The third kappa shape index (κ3) is 6.91. The number of aryl methyl sites for hydroxylation is 1. The first-order chi connectivity index (χ1) is 16.9. The van der Waals surface area contributed by atoms with Crippen LogP contribution in [0.1, 0.15) is 36.8 Å². The highest BCUT2D eigenvalue weighted by Crippen LogP contribution is 2.34. The van der Waals surface area contributed by atoms with Crippen molar-refractivity contribution in [3.05, 3.63) is 65.7 Å². The van der Waals surface area contributed by atoms with Crippen LogP contribution in [0.2, 0.25) is 0 Å². The summed E-state index contributed by atoms with van der Waals surface area (Å²) >= 11 is 0. The Labute approximate surface area is 209 Å².